The standard InChI is InChI=1S/C8H9BrN4O/c1-10-7(6-4-11-13-12-6)8-5(9)2-3-14-8/h2-4,7,10H,1H3,(H,11,12,13). The number of furan rings is 1. The van der Waals surface area contributed by atoms with Crippen molar-refractivity contribution in [2.24, 2.45) is 0 Å². The summed E-state index contributed by atoms with van der Waals surface area (Å²) in [5.74, 6) is 0.793. The summed E-state index contributed by atoms with van der Waals surface area (Å²) in [5.41, 5.74) is 0.795. The maximum atomic E-state index is 5.35. The fourth-order valence-electron chi connectivity index (χ4n) is 1.27. The number of hydrogen-bond donors (Lipinski definition) is 2. The Balaban J connectivity index is 2.36. The Morgan fingerprint density at radius 3 is 3.00 bits per heavy atom. The zero-order valence-electron chi connectivity index (χ0n) is 7.49. The summed E-state index contributed by atoms with van der Waals surface area (Å²) in [5, 5.41) is 13.4. The van der Waals surface area contributed by atoms with Gasteiger partial charge in [-0.05, 0) is 29.0 Å². The average molecular weight is 257 g/mol. The van der Waals surface area contributed by atoms with E-state index in [0.717, 1.165) is 15.9 Å². The zero-order chi connectivity index (χ0) is 9.97. The molecule has 2 aromatic rings. The summed E-state index contributed by atoms with van der Waals surface area (Å²) in [4.78, 5) is 0. The van der Waals surface area contributed by atoms with E-state index in [9.17, 15) is 0 Å². The monoisotopic (exact) mass is 256 g/mol. The number of aromatic nitrogens is 3. The van der Waals surface area contributed by atoms with Crippen LogP contribution in [0.25, 0.3) is 0 Å². The second-order valence-electron chi connectivity index (χ2n) is 2.75. The molecule has 0 aromatic carbocycles. The number of nitrogens with zero attached hydrogens (tertiary/aromatic N) is 2. The van der Waals surface area contributed by atoms with Gasteiger partial charge in [-0.3, -0.25) is 0 Å². The molecule has 6 heteroatoms. The Morgan fingerprint density at radius 1 is 1.64 bits per heavy atom. The molecule has 5 nitrogen and oxygen atoms in total. The van der Waals surface area contributed by atoms with E-state index in [1.165, 1.54) is 0 Å². The maximum Gasteiger partial charge on any atom is 0.141 e. The molecule has 0 fully saturated rings. The van der Waals surface area contributed by atoms with Crippen molar-refractivity contribution in [1.82, 2.24) is 20.7 Å². The third-order valence-electron chi connectivity index (χ3n) is 1.93. The van der Waals surface area contributed by atoms with E-state index in [2.05, 4.69) is 36.7 Å². The highest BCUT2D eigenvalue weighted by atomic mass is 79.9. The molecule has 2 aromatic heterocycles. The molecule has 2 rings (SSSR count). The van der Waals surface area contributed by atoms with Crippen molar-refractivity contribution in [3.63, 3.8) is 0 Å². The van der Waals surface area contributed by atoms with Gasteiger partial charge in [-0.15, -0.1) is 0 Å². The van der Waals surface area contributed by atoms with Crippen LogP contribution in [0.5, 0.6) is 0 Å². The van der Waals surface area contributed by atoms with Gasteiger partial charge < -0.3 is 9.73 Å². The summed E-state index contributed by atoms with van der Waals surface area (Å²) >= 11 is 3.40. The van der Waals surface area contributed by atoms with Gasteiger partial charge in [0.1, 0.15) is 17.5 Å². The van der Waals surface area contributed by atoms with Gasteiger partial charge in [-0.2, -0.15) is 15.4 Å². The fourth-order valence-corrected chi connectivity index (χ4v) is 1.70. The van der Waals surface area contributed by atoms with Crippen LogP contribution < -0.4 is 5.32 Å². The summed E-state index contributed by atoms with van der Waals surface area (Å²) in [6.45, 7) is 0. The molecule has 0 spiro atoms. The molecule has 0 radical (unpaired) electrons. The number of H-pyrrole nitrogens is 1. The van der Waals surface area contributed by atoms with E-state index in [1.807, 2.05) is 13.1 Å². The van der Waals surface area contributed by atoms with Crippen LogP contribution >= 0.6 is 15.9 Å². The van der Waals surface area contributed by atoms with E-state index in [4.69, 9.17) is 4.42 Å². The first kappa shape index (κ1) is 9.42. The molecule has 14 heavy (non-hydrogen) atoms. The number of aromatic amines is 1. The Kier molecular flexibility index (Phi) is 2.64. The molecule has 0 aliphatic heterocycles. The zero-order valence-corrected chi connectivity index (χ0v) is 9.08. The largest absolute Gasteiger partial charge is 0.466 e. The highest BCUT2D eigenvalue weighted by molar-refractivity contribution is 9.10. The predicted molar refractivity (Wildman–Crippen MR) is 53.7 cm³/mol. The summed E-state index contributed by atoms with van der Waals surface area (Å²) in [6, 6.07) is 1.76. The van der Waals surface area contributed by atoms with E-state index in [-0.39, 0.29) is 6.04 Å². The average Bonchev–Trinajstić information content (AvgIpc) is 2.80. The molecule has 74 valence electrons. The van der Waals surface area contributed by atoms with Crippen LogP contribution in [0, 0.1) is 0 Å². The van der Waals surface area contributed by atoms with Crippen molar-refractivity contribution < 1.29 is 4.42 Å². The van der Waals surface area contributed by atoms with Crippen LogP contribution in [-0.2, 0) is 0 Å². The second kappa shape index (κ2) is 3.93. The summed E-state index contributed by atoms with van der Waals surface area (Å²) < 4.78 is 6.27. The first-order valence-corrected chi connectivity index (χ1v) is 4.88. The van der Waals surface area contributed by atoms with Gasteiger partial charge >= 0.3 is 0 Å². The van der Waals surface area contributed by atoms with Crippen LogP contribution in [0.3, 0.4) is 0 Å². The first-order chi connectivity index (χ1) is 6.83. The van der Waals surface area contributed by atoms with Crippen LogP contribution in [0.15, 0.2) is 27.4 Å². The van der Waals surface area contributed by atoms with E-state index in [1.54, 1.807) is 12.5 Å². The number of nitrogens with one attached hydrogen (secondary N) is 2. The number of hydrogen-bond acceptors (Lipinski definition) is 4. The minimum absolute atomic E-state index is 0.0851. The van der Waals surface area contributed by atoms with Gasteiger partial charge in [-0.1, -0.05) is 0 Å². The highest BCUT2D eigenvalue weighted by Gasteiger charge is 2.20. The van der Waals surface area contributed by atoms with E-state index in [0.29, 0.717) is 0 Å². The molecule has 0 saturated carbocycles. The third kappa shape index (κ3) is 1.58. The van der Waals surface area contributed by atoms with Crippen molar-refractivity contribution in [3.05, 3.63) is 34.5 Å². The lowest BCUT2D eigenvalue weighted by Gasteiger charge is -2.10. The summed E-state index contributed by atoms with van der Waals surface area (Å²) in [7, 11) is 1.84. The van der Waals surface area contributed by atoms with Gasteiger partial charge in [0.15, 0.2) is 0 Å². The van der Waals surface area contributed by atoms with Crippen molar-refractivity contribution in [1.29, 1.82) is 0 Å². The summed E-state index contributed by atoms with van der Waals surface area (Å²) in [6.07, 6.45) is 3.29. The Labute approximate surface area is 89.0 Å². The van der Waals surface area contributed by atoms with Gasteiger partial charge in [0.25, 0.3) is 0 Å². The molecule has 0 aliphatic rings. The van der Waals surface area contributed by atoms with Crippen LogP contribution in [-0.4, -0.2) is 22.5 Å². The van der Waals surface area contributed by atoms with Crippen LogP contribution in [0.1, 0.15) is 17.5 Å². The van der Waals surface area contributed by atoms with Gasteiger partial charge in [-0.25, -0.2) is 0 Å². The number of halogens is 1. The molecule has 0 amide bonds. The molecule has 0 aliphatic carbocycles. The lowest BCUT2D eigenvalue weighted by molar-refractivity contribution is 0.456. The Hall–Kier alpha value is -1.14. The molecule has 2 heterocycles. The topological polar surface area (TPSA) is 66.7 Å². The molecule has 0 saturated heterocycles. The van der Waals surface area contributed by atoms with Crippen molar-refractivity contribution >= 4 is 15.9 Å². The normalized spacial score (nSPS) is 13.0. The quantitative estimate of drug-likeness (QED) is 0.873. The van der Waals surface area contributed by atoms with Gasteiger partial charge in [0, 0.05) is 0 Å². The van der Waals surface area contributed by atoms with Crippen molar-refractivity contribution in [2.75, 3.05) is 7.05 Å². The Bertz CT molecular complexity index is 397. The minimum Gasteiger partial charge on any atom is -0.466 e. The van der Waals surface area contributed by atoms with Crippen LogP contribution in [0.2, 0.25) is 0 Å². The lowest BCUT2D eigenvalue weighted by Crippen LogP contribution is -2.17. The minimum atomic E-state index is -0.0851. The number of rotatable bonds is 3. The van der Waals surface area contributed by atoms with Crippen molar-refractivity contribution in [2.45, 2.75) is 6.04 Å². The Morgan fingerprint density at radius 2 is 2.50 bits per heavy atom. The fraction of sp³-hybridized carbons (Fsp3) is 0.250. The third-order valence-corrected chi connectivity index (χ3v) is 2.58. The van der Waals surface area contributed by atoms with Gasteiger partial charge in [0.05, 0.1) is 16.9 Å². The van der Waals surface area contributed by atoms with Gasteiger partial charge in [0.2, 0.25) is 0 Å². The second-order valence-corrected chi connectivity index (χ2v) is 3.60. The smallest absolute Gasteiger partial charge is 0.141 e. The molecule has 1 atom stereocenters. The molecule has 1 unspecified atom stereocenters. The highest BCUT2D eigenvalue weighted by Crippen LogP contribution is 2.27. The lowest BCUT2D eigenvalue weighted by atomic mass is 10.2. The van der Waals surface area contributed by atoms with Crippen LogP contribution in [0.4, 0.5) is 0 Å². The molecular weight excluding hydrogens is 248 g/mol. The first-order valence-electron chi connectivity index (χ1n) is 4.08. The van der Waals surface area contributed by atoms with E-state index < -0.39 is 0 Å². The maximum absolute atomic E-state index is 5.35. The van der Waals surface area contributed by atoms with E-state index >= 15 is 0 Å². The predicted octanol–water partition coefficient (Wildman–Crippen LogP) is 1.47. The SMILES string of the molecule is CNC(c1cn[nH]n1)c1occc1Br. The molecule has 0 bridgehead atoms. The molecule has 2 N–H and O–H groups in total. The van der Waals surface area contributed by atoms with Crippen molar-refractivity contribution in [3.8, 4) is 0 Å². The molecular formula is C8H9BrN4O.